The number of nitrogens with zero attached hydrogens (tertiary/aromatic N) is 1. The molecule has 0 amide bonds. The minimum Gasteiger partial charge on any atom is -0.384 e. The lowest BCUT2D eigenvalue weighted by Crippen LogP contribution is -2.44. The summed E-state index contributed by atoms with van der Waals surface area (Å²) >= 11 is 0. The minimum atomic E-state index is -3.75. The fourth-order valence-electron chi connectivity index (χ4n) is 2.49. The van der Waals surface area contributed by atoms with Crippen LogP contribution >= 0.6 is 0 Å². The highest BCUT2D eigenvalue weighted by molar-refractivity contribution is 7.89. The van der Waals surface area contributed by atoms with Gasteiger partial charge in [0.05, 0.1) is 18.0 Å². The monoisotopic (exact) mass is 390 g/mol. The summed E-state index contributed by atoms with van der Waals surface area (Å²) in [5.74, 6) is 0.523. The molecule has 27 heavy (non-hydrogen) atoms. The fourth-order valence-corrected chi connectivity index (χ4v) is 3.07. The van der Waals surface area contributed by atoms with Gasteiger partial charge in [-0.3, -0.25) is 0 Å². The van der Waals surface area contributed by atoms with Crippen molar-refractivity contribution in [3.63, 3.8) is 0 Å². The average Bonchev–Trinajstić information content (AvgIpc) is 2.64. The standard InChI is InChI=1S/C19H26N4O3S/c1-3-21-18(23-14-19(2,24)16-9-5-4-6-10-16)22-13-15-8-7-11-17(12-15)27(20,25)26/h4-12,24H,3,13-14H2,1-2H3,(H2,20,25,26)(H2,21,22,23). The topological polar surface area (TPSA) is 117 Å². The number of hydrogen-bond donors (Lipinski definition) is 4. The highest BCUT2D eigenvalue weighted by atomic mass is 32.2. The SMILES string of the molecule is CCNC(=NCc1cccc(S(N)(=O)=O)c1)NCC(C)(O)c1ccccc1. The maximum absolute atomic E-state index is 11.5. The van der Waals surface area contributed by atoms with Gasteiger partial charge in [-0.05, 0) is 37.1 Å². The number of hydrogen-bond acceptors (Lipinski definition) is 4. The minimum absolute atomic E-state index is 0.0557. The Morgan fingerprint density at radius 3 is 2.48 bits per heavy atom. The van der Waals surface area contributed by atoms with E-state index >= 15 is 0 Å². The zero-order valence-electron chi connectivity index (χ0n) is 15.5. The van der Waals surface area contributed by atoms with Gasteiger partial charge in [-0.15, -0.1) is 0 Å². The van der Waals surface area contributed by atoms with Crippen LogP contribution in [0.3, 0.4) is 0 Å². The lowest BCUT2D eigenvalue weighted by Gasteiger charge is -2.25. The van der Waals surface area contributed by atoms with Gasteiger partial charge in [-0.1, -0.05) is 42.5 Å². The number of aliphatic imine (C=N–C) groups is 1. The summed E-state index contributed by atoms with van der Waals surface area (Å²) < 4.78 is 22.9. The molecular formula is C19H26N4O3S. The van der Waals surface area contributed by atoms with Crippen LogP contribution in [0.15, 0.2) is 64.5 Å². The highest BCUT2D eigenvalue weighted by Crippen LogP contribution is 2.18. The van der Waals surface area contributed by atoms with E-state index in [1.165, 1.54) is 12.1 Å². The van der Waals surface area contributed by atoms with E-state index in [4.69, 9.17) is 5.14 Å². The van der Waals surface area contributed by atoms with Gasteiger partial charge in [-0.2, -0.15) is 0 Å². The quantitative estimate of drug-likeness (QED) is 0.420. The Hall–Kier alpha value is -2.42. The summed E-state index contributed by atoms with van der Waals surface area (Å²) in [6.07, 6.45) is 0. The van der Waals surface area contributed by atoms with Crippen LogP contribution in [0.2, 0.25) is 0 Å². The van der Waals surface area contributed by atoms with E-state index in [0.29, 0.717) is 18.1 Å². The molecule has 0 bridgehead atoms. The van der Waals surface area contributed by atoms with Crippen molar-refractivity contribution in [3.8, 4) is 0 Å². The highest BCUT2D eigenvalue weighted by Gasteiger charge is 2.22. The van der Waals surface area contributed by atoms with Crippen molar-refractivity contribution in [3.05, 3.63) is 65.7 Å². The van der Waals surface area contributed by atoms with E-state index in [0.717, 1.165) is 5.56 Å². The lowest BCUT2D eigenvalue weighted by atomic mass is 9.96. The Bertz CT molecular complexity index is 881. The van der Waals surface area contributed by atoms with E-state index in [1.807, 2.05) is 37.3 Å². The first kappa shape index (κ1) is 20.9. The number of rotatable bonds is 7. The molecule has 0 radical (unpaired) electrons. The molecule has 1 atom stereocenters. The molecule has 7 nitrogen and oxygen atoms in total. The number of benzene rings is 2. The van der Waals surface area contributed by atoms with Crippen molar-refractivity contribution >= 4 is 16.0 Å². The third-order valence-corrected chi connectivity index (χ3v) is 4.90. The molecule has 2 rings (SSSR count). The van der Waals surface area contributed by atoms with Crippen molar-refractivity contribution in [2.75, 3.05) is 13.1 Å². The second-order valence-electron chi connectivity index (χ2n) is 6.38. The number of sulfonamides is 1. The Labute approximate surface area is 160 Å². The van der Waals surface area contributed by atoms with Gasteiger partial charge >= 0.3 is 0 Å². The molecule has 0 aliphatic heterocycles. The molecule has 0 spiro atoms. The predicted molar refractivity (Wildman–Crippen MR) is 107 cm³/mol. The fraction of sp³-hybridized carbons (Fsp3) is 0.316. The zero-order valence-corrected chi connectivity index (χ0v) is 16.3. The Morgan fingerprint density at radius 1 is 1.15 bits per heavy atom. The maximum Gasteiger partial charge on any atom is 0.238 e. The van der Waals surface area contributed by atoms with Crippen LogP contribution in [0.1, 0.15) is 25.0 Å². The summed E-state index contributed by atoms with van der Waals surface area (Å²) in [5.41, 5.74) is 0.452. The van der Waals surface area contributed by atoms with Gasteiger partial charge in [-0.25, -0.2) is 18.5 Å². The van der Waals surface area contributed by atoms with E-state index in [1.54, 1.807) is 19.1 Å². The molecule has 0 aromatic heterocycles. The van der Waals surface area contributed by atoms with Crippen LogP contribution in [0, 0.1) is 0 Å². The zero-order chi connectivity index (χ0) is 19.9. The Balaban J connectivity index is 2.08. The number of aliphatic hydroxyl groups is 1. The predicted octanol–water partition coefficient (Wildman–Crippen LogP) is 1.30. The number of guanidine groups is 1. The van der Waals surface area contributed by atoms with Gasteiger partial charge in [0.1, 0.15) is 5.60 Å². The summed E-state index contributed by atoms with van der Waals surface area (Å²) in [4.78, 5) is 4.51. The molecule has 0 saturated carbocycles. The van der Waals surface area contributed by atoms with E-state index in [-0.39, 0.29) is 18.0 Å². The molecule has 0 aliphatic carbocycles. The van der Waals surface area contributed by atoms with Crippen LogP contribution in [-0.2, 0) is 22.2 Å². The maximum atomic E-state index is 11.5. The molecule has 0 fully saturated rings. The van der Waals surface area contributed by atoms with Gasteiger partial charge in [0.15, 0.2) is 5.96 Å². The van der Waals surface area contributed by atoms with Crippen LogP contribution in [0.4, 0.5) is 0 Å². The van der Waals surface area contributed by atoms with Crippen LogP contribution in [0.5, 0.6) is 0 Å². The van der Waals surface area contributed by atoms with Crippen molar-refractivity contribution < 1.29 is 13.5 Å². The molecular weight excluding hydrogens is 364 g/mol. The van der Waals surface area contributed by atoms with Gasteiger partial charge < -0.3 is 15.7 Å². The van der Waals surface area contributed by atoms with Crippen molar-refractivity contribution in [2.45, 2.75) is 30.9 Å². The van der Waals surface area contributed by atoms with Crippen LogP contribution in [-0.4, -0.2) is 32.6 Å². The number of nitrogens with two attached hydrogens (primary N) is 1. The van der Waals surface area contributed by atoms with E-state index < -0.39 is 15.6 Å². The molecule has 5 N–H and O–H groups in total. The Kier molecular flexibility index (Phi) is 6.95. The first-order chi connectivity index (χ1) is 12.7. The second kappa shape index (κ2) is 8.98. The lowest BCUT2D eigenvalue weighted by molar-refractivity contribution is 0.0617. The smallest absolute Gasteiger partial charge is 0.238 e. The molecule has 146 valence electrons. The summed E-state index contributed by atoms with van der Waals surface area (Å²) in [7, 11) is -3.75. The number of nitrogens with one attached hydrogen (secondary N) is 2. The normalized spacial score (nSPS) is 14.4. The Morgan fingerprint density at radius 2 is 1.85 bits per heavy atom. The van der Waals surface area contributed by atoms with Crippen LogP contribution < -0.4 is 15.8 Å². The molecule has 8 heteroatoms. The molecule has 2 aromatic rings. The molecule has 0 heterocycles. The van der Waals surface area contributed by atoms with E-state index in [9.17, 15) is 13.5 Å². The first-order valence-corrected chi connectivity index (χ1v) is 10.2. The number of primary sulfonamides is 1. The largest absolute Gasteiger partial charge is 0.384 e. The second-order valence-corrected chi connectivity index (χ2v) is 7.94. The third kappa shape index (κ3) is 6.35. The van der Waals surface area contributed by atoms with Crippen molar-refractivity contribution in [1.82, 2.24) is 10.6 Å². The summed E-state index contributed by atoms with van der Waals surface area (Å²) in [6.45, 7) is 4.85. The first-order valence-electron chi connectivity index (χ1n) is 8.64. The summed E-state index contributed by atoms with van der Waals surface area (Å²) in [5, 5.41) is 22.1. The van der Waals surface area contributed by atoms with Crippen LogP contribution in [0.25, 0.3) is 0 Å². The summed E-state index contributed by atoms with van der Waals surface area (Å²) in [6, 6.07) is 15.7. The van der Waals surface area contributed by atoms with Gasteiger partial charge in [0.25, 0.3) is 0 Å². The molecule has 1 unspecified atom stereocenters. The van der Waals surface area contributed by atoms with Gasteiger partial charge in [0.2, 0.25) is 10.0 Å². The molecule has 0 aliphatic rings. The third-order valence-electron chi connectivity index (χ3n) is 3.99. The van der Waals surface area contributed by atoms with Crippen molar-refractivity contribution in [2.24, 2.45) is 10.1 Å². The average molecular weight is 391 g/mol. The van der Waals surface area contributed by atoms with Crippen molar-refractivity contribution in [1.29, 1.82) is 0 Å². The molecule has 0 saturated heterocycles. The van der Waals surface area contributed by atoms with E-state index in [2.05, 4.69) is 15.6 Å². The van der Waals surface area contributed by atoms with Gasteiger partial charge in [0, 0.05) is 6.54 Å². The molecule has 2 aromatic carbocycles.